The lowest BCUT2D eigenvalue weighted by Crippen LogP contribution is -2.02. The first kappa shape index (κ1) is 9.45. The molecule has 0 bridgehead atoms. The van der Waals surface area contributed by atoms with Crippen molar-refractivity contribution in [3.05, 3.63) is 43.1 Å². The molecular formula is C10H13N3. The molecule has 0 aliphatic rings. The van der Waals surface area contributed by atoms with E-state index < -0.39 is 0 Å². The van der Waals surface area contributed by atoms with E-state index in [4.69, 9.17) is 0 Å². The van der Waals surface area contributed by atoms with E-state index in [1.807, 2.05) is 25.2 Å². The van der Waals surface area contributed by atoms with Gasteiger partial charge >= 0.3 is 0 Å². The third-order valence-electron chi connectivity index (χ3n) is 1.51. The summed E-state index contributed by atoms with van der Waals surface area (Å²) in [7, 11) is 3.93. The minimum absolute atomic E-state index is 0.978. The second-order valence-corrected chi connectivity index (χ2v) is 2.88. The second-order valence-electron chi connectivity index (χ2n) is 2.88. The molecule has 1 heterocycles. The Bertz CT molecular complexity index is 301. The van der Waals surface area contributed by atoms with Crippen LogP contribution in [0.2, 0.25) is 0 Å². The Morgan fingerprint density at radius 1 is 1.38 bits per heavy atom. The number of allylic oxidation sites excluding steroid dienone is 2. The largest absolute Gasteiger partial charge is 0.383 e. The van der Waals surface area contributed by atoms with Crippen LogP contribution in [0.1, 0.15) is 5.56 Å². The molecule has 1 aromatic rings. The maximum absolute atomic E-state index is 3.94. The van der Waals surface area contributed by atoms with Crippen molar-refractivity contribution in [3.8, 4) is 0 Å². The summed E-state index contributed by atoms with van der Waals surface area (Å²) in [6, 6.07) is 0. The molecule has 0 atom stereocenters. The predicted molar refractivity (Wildman–Crippen MR) is 53.9 cm³/mol. The normalized spacial score (nSPS) is 11.1. The van der Waals surface area contributed by atoms with Crippen LogP contribution < -0.4 is 0 Å². The summed E-state index contributed by atoms with van der Waals surface area (Å²) < 4.78 is 0. The molecule has 0 aliphatic heterocycles. The molecule has 0 saturated carbocycles. The fraction of sp³-hybridized carbons (Fsp3) is 0.200. The van der Waals surface area contributed by atoms with Crippen molar-refractivity contribution in [3.63, 3.8) is 0 Å². The molecule has 0 radical (unpaired) electrons. The summed E-state index contributed by atoms with van der Waals surface area (Å²) >= 11 is 0. The molecule has 0 amide bonds. The first-order valence-electron chi connectivity index (χ1n) is 4.00. The van der Waals surface area contributed by atoms with Crippen molar-refractivity contribution in [1.82, 2.24) is 14.9 Å². The summed E-state index contributed by atoms with van der Waals surface area (Å²) in [4.78, 5) is 9.85. The van der Waals surface area contributed by atoms with Crippen molar-refractivity contribution in [2.45, 2.75) is 0 Å². The molecule has 3 heteroatoms. The van der Waals surface area contributed by atoms with Crippen LogP contribution in [0.4, 0.5) is 0 Å². The highest BCUT2D eigenvalue weighted by Gasteiger charge is 1.96. The van der Waals surface area contributed by atoms with E-state index >= 15 is 0 Å². The molecule has 13 heavy (non-hydrogen) atoms. The number of nitrogens with zero attached hydrogens (tertiary/aromatic N) is 3. The Hall–Kier alpha value is -1.64. The van der Waals surface area contributed by atoms with E-state index in [9.17, 15) is 0 Å². The first-order chi connectivity index (χ1) is 6.24. The van der Waals surface area contributed by atoms with Gasteiger partial charge in [-0.25, -0.2) is 9.97 Å². The van der Waals surface area contributed by atoms with Gasteiger partial charge in [0.25, 0.3) is 0 Å². The Balaban J connectivity index is 2.98. The quantitative estimate of drug-likeness (QED) is 0.653. The van der Waals surface area contributed by atoms with Gasteiger partial charge in [0.1, 0.15) is 6.33 Å². The number of hydrogen-bond acceptors (Lipinski definition) is 3. The van der Waals surface area contributed by atoms with Gasteiger partial charge in [0.2, 0.25) is 0 Å². The smallest absolute Gasteiger partial charge is 0.115 e. The van der Waals surface area contributed by atoms with Crippen LogP contribution in [0.5, 0.6) is 0 Å². The lowest BCUT2D eigenvalue weighted by molar-refractivity contribution is 0.566. The maximum atomic E-state index is 3.94. The van der Waals surface area contributed by atoms with Crippen molar-refractivity contribution in [2.75, 3.05) is 14.1 Å². The fourth-order valence-electron chi connectivity index (χ4n) is 0.971. The zero-order chi connectivity index (χ0) is 9.68. The standard InChI is InChI=1S/C10H13N3/c1-4-9(7-13(2)3)10-5-11-8-12-6-10/h4-8H,1H2,2-3H3/b9-7+. The number of aromatic nitrogens is 2. The maximum Gasteiger partial charge on any atom is 0.115 e. The van der Waals surface area contributed by atoms with Crippen molar-refractivity contribution < 1.29 is 0 Å². The van der Waals surface area contributed by atoms with Gasteiger partial charge < -0.3 is 4.90 Å². The molecule has 68 valence electrons. The lowest BCUT2D eigenvalue weighted by Gasteiger charge is -2.07. The highest BCUT2D eigenvalue weighted by molar-refractivity contribution is 5.71. The molecule has 0 unspecified atom stereocenters. The van der Waals surface area contributed by atoms with Crippen LogP contribution >= 0.6 is 0 Å². The van der Waals surface area contributed by atoms with Gasteiger partial charge in [-0.3, -0.25) is 0 Å². The highest BCUT2D eigenvalue weighted by Crippen LogP contribution is 2.12. The molecule has 0 aliphatic carbocycles. The Kier molecular flexibility index (Phi) is 3.20. The van der Waals surface area contributed by atoms with Gasteiger partial charge in [-0.15, -0.1) is 0 Å². The minimum Gasteiger partial charge on any atom is -0.383 e. The molecule has 0 aromatic carbocycles. The molecular weight excluding hydrogens is 162 g/mol. The second kappa shape index (κ2) is 4.40. The van der Waals surface area contributed by atoms with Crippen LogP contribution in [0.15, 0.2) is 37.6 Å². The number of rotatable bonds is 3. The molecule has 0 spiro atoms. The third kappa shape index (κ3) is 2.71. The van der Waals surface area contributed by atoms with Gasteiger partial charge in [-0.05, 0) is 0 Å². The summed E-state index contributed by atoms with van der Waals surface area (Å²) in [5.41, 5.74) is 2.00. The highest BCUT2D eigenvalue weighted by atomic mass is 15.0. The molecule has 0 saturated heterocycles. The van der Waals surface area contributed by atoms with Crippen LogP contribution in [0.3, 0.4) is 0 Å². The van der Waals surface area contributed by atoms with Gasteiger partial charge in [-0.2, -0.15) is 0 Å². The average molecular weight is 175 g/mol. The zero-order valence-electron chi connectivity index (χ0n) is 7.94. The SMILES string of the molecule is C=C/C(=C\N(C)C)c1cncnc1. The average Bonchev–Trinajstić information content (AvgIpc) is 2.15. The molecule has 3 nitrogen and oxygen atoms in total. The fourth-order valence-corrected chi connectivity index (χ4v) is 0.971. The summed E-state index contributed by atoms with van der Waals surface area (Å²) in [5, 5.41) is 0. The van der Waals surface area contributed by atoms with E-state index in [0.29, 0.717) is 0 Å². The zero-order valence-corrected chi connectivity index (χ0v) is 7.94. The van der Waals surface area contributed by atoms with Crippen LogP contribution in [-0.4, -0.2) is 29.0 Å². The molecule has 1 rings (SSSR count). The van der Waals surface area contributed by atoms with Crippen LogP contribution in [-0.2, 0) is 0 Å². The van der Waals surface area contributed by atoms with Gasteiger partial charge in [0.15, 0.2) is 0 Å². The Morgan fingerprint density at radius 2 is 2.00 bits per heavy atom. The van der Waals surface area contributed by atoms with Crippen molar-refractivity contribution in [2.24, 2.45) is 0 Å². The van der Waals surface area contributed by atoms with Crippen molar-refractivity contribution >= 4 is 5.57 Å². The molecule has 0 N–H and O–H groups in total. The summed E-state index contributed by atoms with van der Waals surface area (Å²) in [6.45, 7) is 3.74. The number of hydrogen-bond donors (Lipinski definition) is 0. The molecule has 1 aromatic heterocycles. The van der Waals surface area contributed by atoms with Crippen LogP contribution in [0, 0.1) is 0 Å². The van der Waals surface area contributed by atoms with Crippen LogP contribution in [0.25, 0.3) is 5.57 Å². The summed E-state index contributed by atoms with van der Waals surface area (Å²) in [6.07, 6.45) is 8.82. The predicted octanol–water partition coefficient (Wildman–Crippen LogP) is 1.57. The van der Waals surface area contributed by atoms with Gasteiger partial charge in [0, 0.05) is 43.8 Å². The lowest BCUT2D eigenvalue weighted by atomic mass is 10.1. The summed E-state index contributed by atoms with van der Waals surface area (Å²) in [5.74, 6) is 0. The third-order valence-corrected chi connectivity index (χ3v) is 1.51. The van der Waals surface area contributed by atoms with E-state index in [2.05, 4.69) is 16.5 Å². The Morgan fingerprint density at radius 3 is 2.46 bits per heavy atom. The van der Waals surface area contributed by atoms with E-state index in [0.717, 1.165) is 11.1 Å². The van der Waals surface area contributed by atoms with E-state index in [1.54, 1.807) is 18.5 Å². The monoisotopic (exact) mass is 175 g/mol. The molecule has 0 fully saturated rings. The van der Waals surface area contributed by atoms with E-state index in [1.165, 1.54) is 6.33 Å². The van der Waals surface area contributed by atoms with Gasteiger partial charge in [0.05, 0.1) is 0 Å². The van der Waals surface area contributed by atoms with E-state index in [-0.39, 0.29) is 0 Å². The topological polar surface area (TPSA) is 29.0 Å². The van der Waals surface area contributed by atoms with Gasteiger partial charge in [-0.1, -0.05) is 12.7 Å². The Labute approximate surface area is 78.4 Å². The minimum atomic E-state index is 0.978. The van der Waals surface area contributed by atoms with Crippen molar-refractivity contribution in [1.29, 1.82) is 0 Å². The first-order valence-corrected chi connectivity index (χ1v) is 4.00.